The zero-order valence-corrected chi connectivity index (χ0v) is 12.8. The van der Waals surface area contributed by atoms with Crippen LogP contribution in [0.1, 0.15) is 34.8 Å². The van der Waals surface area contributed by atoms with Gasteiger partial charge in [-0.1, -0.05) is 13.0 Å². The van der Waals surface area contributed by atoms with Gasteiger partial charge in [-0.15, -0.1) is 0 Å². The summed E-state index contributed by atoms with van der Waals surface area (Å²) in [7, 11) is 0. The van der Waals surface area contributed by atoms with Crippen molar-refractivity contribution in [2.45, 2.75) is 20.3 Å². The Morgan fingerprint density at radius 3 is 2.91 bits per heavy atom. The molecule has 0 radical (unpaired) electrons. The maximum absolute atomic E-state index is 12.5. The quantitative estimate of drug-likeness (QED) is 0.494. The number of Topliss-reactive ketones (excluding diaryl/α,β-unsaturated/α-hetero) is 1. The minimum absolute atomic E-state index is 0.185. The van der Waals surface area contributed by atoms with E-state index in [-0.39, 0.29) is 23.9 Å². The number of hydrogen-bond acceptors (Lipinski definition) is 5. The zero-order valence-electron chi connectivity index (χ0n) is 12.8. The van der Waals surface area contributed by atoms with Gasteiger partial charge in [0.25, 0.3) is 0 Å². The van der Waals surface area contributed by atoms with Crippen molar-refractivity contribution < 1.29 is 19.1 Å². The van der Waals surface area contributed by atoms with Crippen molar-refractivity contribution >= 4 is 17.8 Å². The van der Waals surface area contributed by atoms with Crippen molar-refractivity contribution in [3.8, 4) is 11.5 Å². The number of fused-ring (bicyclic) bond motifs is 1. The fourth-order valence-electron chi connectivity index (χ4n) is 2.35. The molecule has 0 fully saturated rings. The topological polar surface area (TPSA) is 65.5 Å². The lowest BCUT2D eigenvalue weighted by atomic mass is 10.0. The molecule has 5 heteroatoms. The van der Waals surface area contributed by atoms with E-state index < -0.39 is 0 Å². The molecule has 116 valence electrons. The summed E-state index contributed by atoms with van der Waals surface area (Å²) in [6.07, 6.45) is 5.23. The van der Waals surface area contributed by atoms with Crippen LogP contribution in [-0.2, 0) is 4.79 Å². The molecule has 0 spiro atoms. The van der Waals surface area contributed by atoms with Crippen LogP contribution in [-0.4, -0.2) is 16.7 Å². The molecule has 0 amide bonds. The highest BCUT2D eigenvalue weighted by Crippen LogP contribution is 2.37. The summed E-state index contributed by atoms with van der Waals surface area (Å²) in [6, 6.07) is 6.85. The number of aromatic nitrogens is 1. The number of benzene rings is 1. The van der Waals surface area contributed by atoms with Crippen LogP contribution < -0.4 is 9.47 Å². The van der Waals surface area contributed by atoms with Gasteiger partial charge in [0.15, 0.2) is 5.76 Å². The smallest absolute Gasteiger partial charge is 0.310 e. The van der Waals surface area contributed by atoms with E-state index in [1.807, 2.05) is 6.07 Å². The Balaban J connectivity index is 1.94. The number of allylic oxidation sites excluding steroid dienone is 1. The van der Waals surface area contributed by atoms with Gasteiger partial charge in [0.05, 0.1) is 5.56 Å². The standard InChI is InChI=1S/C18H15NO4/c1-3-16(20)22-13-7-11(2)17-14(9-13)23-15(18(17)21)8-12-5-4-6-19-10-12/h4-10H,3H2,1-2H3/b15-8-. The number of pyridine rings is 1. The van der Waals surface area contributed by atoms with Crippen LogP contribution in [0.2, 0.25) is 0 Å². The number of carbonyl (C=O) groups excluding carboxylic acids is 2. The summed E-state index contributed by atoms with van der Waals surface area (Å²) in [5, 5.41) is 0. The number of carbonyl (C=O) groups is 2. The van der Waals surface area contributed by atoms with Crippen molar-refractivity contribution in [2.24, 2.45) is 0 Å². The van der Waals surface area contributed by atoms with Crippen LogP contribution in [0, 0.1) is 6.92 Å². The Labute approximate surface area is 133 Å². The van der Waals surface area contributed by atoms with E-state index in [2.05, 4.69) is 4.98 Å². The fourth-order valence-corrected chi connectivity index (χ4v) is 2.35. The summed E-state index contributed by atoms with van der Waals surface area (Å²) >= 11 is 0. The molecule has 0 bridgehead atoms. The van der Waals surface area contributed by atoms with E-state index in [9.17, 15) is 9.59 Å². The van der Waals surface area contributed by atoms with Gasteiger partial charge < -0.3 is 9.47 Å². The number of rotatable bonds is 3. The largest absolute Gasteiger partial charge is 0.452 e. The average Bonchev–Trinajstić information content (AvgIpc) is 2.84. The highest BCUT2D eigenvalue weighted by atomic mass is 16.5. The van der Waals surface area contributed by atoms with Crippen molar-refractivity contribution in [2.75, 3.05) is 0 Å². The summed E-state index contributed by atoms with van der Waals surface area (Å²) in [5.74, 6) is 0.497. The minimum atomic E-state index is -0.334. The summed E-state index contributed by atoms with van der Waals surface area (Å²) in [6.45, 7) is 3.51. The molecule has 0 N–H and O–H groups in total. The van der Waals surface area contributed by atoms with Gasteiger partial charge in [-0.2, -0.15) is 0 Å². The third kappa shape index (κ3) is 2.99. The van der Waals surface area contributed by atoms with Crippen molar-refractivity contribution in [1.82, 2.24) is 4.98 Å². The maximum Gasteiger partial charge on any atom is 0.310 e. The Kier molecular flexibility index (Phi) is 3.93. The molecular formula is C18H15NO4. The Morgan fingerprint density at radius 1 is 1.39 bits per heavy atom. The molecule has 1 aromatic carbocycles. The second-order valence-corrected chi connectivity index (χ2v) is 5.17. The van der Waals surface area contributed by atoms with Crippen LogP contribution in [0.25, 0.3) is 6.08 Å². The van der Waals surface area contributed by atoms with Gasteiger partial charge in [-0.3, -0.25) is 14.6 Å². The van der Waals surface area contributed by atoms with Crippen LogP contribution >= 0.6 is 0 Å². The first-order valence-corrected chi connectivity index (χ1v) is 7.28. The van der Waals surface area contributed by atoms with Gasteiger partial charge in [0.1, 0.15) is 11.5 Å². The van der Waals surface area contributed by atoms with Crippen molar-refractivity contribution in [3.63, 3.8) is 0 Å². The summed E-state index contributed by atoms with van der Waals surface area (Å²) < 4.78 is 10.9. The Hall–Kier alpha value is -2.95. The van der Waals surface area contributed by atoms with Crippen molar-refractivity contribution in [1.29, 1.82) is 0 Å². The van der Waals surface area contributed by atoms with Crippen LogP contribution in [0.4, 0.5) is 0 Å². The fraction of sp³-hybridized carbons (Fsp3) is 0.167. The number of esters is 1. The van der Waals surface area contributed by atoms with E-state index in [4.69, 9.17) is 9.47 Å². The predicted molar refractivity (Wildman–Crippen MR) is 84.3 cm³/mol. The molecule has 0 atom stereocenters. The molecule has 1 aromatic heterocycles. The molecule has 23 heavy (non-hydrogen) atoms. The van der Waals surface area contributed by atoms with Crippen molar-refractivity contribution in [3.05, 3.63) is 59.1 Å². The monoisotopic (exact) mass is 309 g/mol. The molecule has 2 heterocycles. The second-order valence-electron chi connectivity index (χ2n) is 5.17. The number of ether oxygens (including phenoxy) is 2. The second kappa shape index (κ2) is 6.04. The molecule has 1 aliphatic rings. The lowest BCUT2D eigenvalue weighted by Crippen LogP contribution is -2.06. The van der Waals surface area contributed by atoms with E-state index in [1.165, 1.54) is 0 Å². The first-order valence-electron chi connectivity index (χ1n) is 7.28. The maximum atomic E-state index is 12.5. The third-order valence-corrected chi connectivity index (χ3v) is 3.45. The van der Waals surface area contributed by atoms with Gasteiger partial charge in [0.2, 0.25) is 5.78 Å². The first kappa shape index (κ1) is 15.0. The summed E-state index contributed by atoms with van der Waals surface area (Å²) in [5.41, 5.74) is 1.98. The van der Waals surface area contributed by atoms with Crippen LogP contribution in [0.5, 0.6) is 11.5 Å². The molecule has 3 rings (SSSR count). The van der Waals surface area contributed by atoms with Crippen LogP contribution in [0.15, 0.2) is 42.4 Å². The summed E-state index contributed by atoms with van der Waals surface area (Å²) in [4.78, 5) is 27.9. The van der Waals surface area contributed by atoms with E-state index >= 15 is 0 Å². The minimum Gasteiger partial charge on any atom is -0.452 e. The van der Waals surface area contributed by atoms with E-state index in [1.54, 1.807) is 50.5 Å². The Bertz CT molecular complexity index is 809. The van der Waals surface area contributed by atoms with E-state index in [0.717, 1.165) is 5.56 Å². The number of aryl methyl sites for hydroxylation is 1. The first-order chi connectivity index (χ1) is 11.1. The number of nitrogens with zero attached hydrogens (tertiary/aromatic N) is 1. The SMILES string of the molecule is CCC(=O)Oc1cc(C)c2c(c1)O/C(=C\c1cccnc1)C2=O. The number of ketones is 1. The molecule has 5 nitrogen and oxygen atoms in total. The van der Waals surface area contributed by atoms with Gasteiger partial charge in [-0.25, -0.2) is 0 Å². The highest BCUT2D eigenvalue weighted by Gasteiger charge is 2.30. The number of hydrogen-bond donors (Lipinski definition) is 0. The molecule has 2 aromatic rings. The predicted octanol–water partition coefficient (Wildman–Crippen LogP) is 3.32. The lowest BCUT2D eigenvalue weighted by molar-refractivity contribution is -0.134. The molecule has 0 saturated heterocycles. The normalized spacial score (nSPS) is 14.5. The molecule has 0 aliphatic carbocycles. The van der Waals surface area contributed by atoms with Crippen LogP contribution in [0.3, 0.4) is 0 Å². The molecular weight excluding hydrogens is 294 g/mol. The molecule has 0 saturated carbocycles. The Morgan fingerprint density at radius 2 is 2.22 bits per heavy atom. The lowest BCUT2D eigenvalue weighted by Gasteiger charge is -2.06. The zero-order chi connectivity index (χ0) is 16.4. The highest BCUT2D eigenvalue weighted by molar-refractivity contribution is 6.15. The third-order valence-electron chi connectivity index (χ3n) is 3.45. The molecule has 1 aliphatic heterocycles. The van der Waals surface area contributed by atoms with Gasteiger partial charge in [0, 0.05) is 24.9 Å². The molecule has 0 unspecified atom stereocenters. The average molecular weight is 309 g/mol. The van der Waals surface area contributed by atoms with Gasteiger partial charge >= 0.3 is 5.97 Å². The van der Waals surface area contributed by atoms with Gasteiger partial charge in [-0.05, 0) is 36.3 Å². The van der Waals surface area contributed by atoms with E-state index in [0.29, 0.717) is 22.6 Å².